The minimum atomic E-state index is -0.683. The molecule has 0 saturated carbocycles. The maximum Gasteiger partial charge on any atom is 0.235 e. The highest BCUT2D eigenvalue weighted by molar-refractivity contribution is 6.03. The van der Waals surface area contributed by atoms with Crippen molar-refractivity contribution in [2.24, 2.45) is 5.41 Å². The van der Waals surface area contributed by atoms with Crippen LogP contribution in [0.5, 0.6) is 0 Å². The van der Waals surface area contributed by atoms with Gasteiger partial charge in [0.1, 0.15) is 0 Å². The van der Waals surface area contributed by atoms with Crippen LogP contribution in [0.2, 0.25) is 0 Å². The number of imide groups is 1. The molecular formula is C13H20N2O3. The summed E-state index contributed by atoms with van der Waals surface area (Å²) in [4.78, 5) is 37.2. The third-order valence-electron chi connectivity index (χ3n) is 4.41. The van der Waals surface area contributed by atoms with Crippen molar-refractivity contribution in [1.82, 2.24) is 10.2 Å². The summed E-state index contributed by atoms with van der Waals surface area (Å²) >= 11 is 0. The Hall–Kier alpha value is -1.39. The SMILES string of the molecule is CCC(C)(C)N1CC2(CCC(=O)NC2=O)CC1=O. The zero-order valence-corrected chi connectivity index (χ0v) is 11.2. The maximum atomic E-state index is 12.1. The van der Waals surface area contributed by atoms with Gasteiger partial charge in [-0.1, -0.05) is 6.92 Å². The zero-order chi connectivity index (χ0) is 13.6. The van der Waals surface area contributed by atoms with Crippen molar-refractivity contribution in [2.75, 3.05) is 6.54 Å². The number of hydrogen-bond acceptors (Lipinski definition) is 3. The highest BCUT2D eigenvalue weighted by Gasteiger charge is 2.53. The summed E-state index contributed by atoms with van der Waals surface area (Å²) in [6, 6.07) is 0. The number of nitrogens with zero attached hydrogens (tertiary/aromatic N) is 1. The summed E-state index contributed by atoms with van der Waals surface area (Å²) in [6.45, 7) is 6.49. The normalized spacial score (nSPS) is 29.1. The molecule has 18 heavy (non-hydrogen) atoms. The van der Waals surface area contributed by atoms with Gasteiger partial charge in [0.25, 0.3) is 0 Å². The lowest BCUT2D eigenvalue weighted by molar-refractivity contribution is -0.142. The summed E-state index contributed by atoms with van der Waals surface area (Å²) in [5.41, 5.74) is -0.917. The molecule has 100 valence electrons. The van der Waals surface area contributed by atoms with E-state index < -0.39 is 5.41 Å². The average Bonchev–Trinajstić information content (AvgIpc) is 2.64. The molecule has 0 aliphatic carbocycles. The van der Waals surface area contributed by atoms with Gasteiger partial charge in [0.15, 0.2) is 0 Å². The van der Waals surface area contributed by atoms with Gasteiger partial charge in [-0.2, -0.15) is 0 Å². The van der Waals surface area contributed by atoms with Gasteiger partial charge in [-0.15, -0.1) is 0 Å². The molecule has 5 nitrogen and oxygen atoms in total. The van der Waals surface area contributed by atoms with Crippen LogP contribution in [0.1, 0.15) is 46.5 Å². The number of amides is 3. The van der Waals surface area contributed by atoms with E-state index in [0.29, 0.717) is 19.4 Å². The smallest absolute Gasteiger partial charge is 0.235 e. The van der Waals surface area contributed by atoms with Gasteiger partial charge in [0, 0.05) is 24.9 Å². The monoisotopic (exact) mass is 252 g/mol. The molecule has 2 aliphatic rings. The standard InChI is InChI=1S/C13H20N2O3/c1-4-12(2,3)15-8-13(7-10(15)17)6-5-9(16)14-11(13)18/h4-8H2,1-3H3,(H,14,16,18). The van der Waals surface area contributed by atoms with Crippen molar-refractivity contribution in [3.05, 3.63) is 0 Å². The first-order chi connectivity index (χ1) is 8.31. The van der Waals surface area contributed by atoms with Gasteiger partial charge in [-0.05, 0) is 26.7 Å². The summed E-state index contributed by atoms with van der Waals surface area (Å²) in [6.07, 6.45) is 1.89. The molecule has 0 aromatic carbocycles. The number of rotatable bonds is 2. The molecule has 0 aromatic rings. The second kappa shape index (κ2) is 4.07. The van der Waals surface area contributed by atoms with Crippen molar-refractivity contribution in [2.45, 2.75) is 52.0 Å². The average molecular weight is 252 g/mol. The molecule has 0 aromatic heterocycles. The summed E-state index contributed by atoms with van der Waals surface area (Å²) in [7, 11) is 0. The number of piperidine rings is 1. The predicted octanol–water partition coefficient (Wildman–Crippen LogP) is 0.830. The van der Waals surface area contributed by atoms with Gasteiger partial charge >= 0.3 is 0 Å². The topological polar surface area (TPSA) is 66.5 Å². The van der Waals surface area contributed by atoms with Crippen LogP contribution in [0.3, 0.4) is 0 Å². The molecule has 2 heterocycles. The van der Waals surface area contributed by atoms with Crippen molar-refractivity contribution in [3.8, 4) is 0 Å². The Balaban J connectivity index is 2.22. The van der Waals surface area contributed by atoms with Crippen molar-refractivity contribution in [3.63, 3.8) is 0 Å². The van der Waals surface area contributed by atoms with Gasteiger partial charge in [-0.25, -0.2) is 0 Å². The summed E-state index contributed by atoms with van der Waals surface area (Å²) < 4.78 is 0. The molecule has 1 unspecified atom stereocenters. The Bertz CT molecular complexity index is 416. The number of hydrogen-bond donors (Lipinski definition) is 1. The second-order valence-electron chi connectivity index (χ2n) is 5.98. The van der Waals surface area contributed by atoms with E-state index in [4.69, 9.17) is 0 Å². The Labute approximate surface area is 107 Å². The Morgan fingerprint density at radius 2 is 2.00 bits per heavy atom. The largest absolute Gasteiger partial charge is 0.336 e. The van der Waals surface area contributed by atoms with Crippen molar-refractivity contribution >= 4 is 17.7 Å². The van der Waals surface area contributed by atoms with Crippen LogP contribution in [0, 0.1) is 5.41 Å². The lowest BCUT2D eigenvalue weighted by Crippen LogP contribution is -2.52. The second-order valence-corrected chi connectivity index (χ2v) is 5.98. The third-order valence-corrected chi connectivity index (χ3v) is 4.41. The molecule has 2 rings (SSSR count). The molecular weight excluding hydrogens is 232 g/mol. The van der Waals surface area contributed by atoms with E-state index in [1.807, 2.05) is 20.8 Å². The molecule has 0 radical (unpaired) electrons. The molecule has 2 aliphatic heterocycles. The first-order valence-corrected chi connectivity index (χ1v) is 6.45. The fourth-order valence-corrected chi connectivity index (χ4v) is 2.68. The minimum absolute atomic E-state index is 0.0198. The lowest BCUT2D eigenvalue weighted by atomic mass is 9.78. The molecule has 5 heteroatoms. The quantitative estimate of drug-likeness (QED) is 0.740. The van der Waals surface area contributed by atoms with Crippen LogP contribution in [-0.4, -0.2) is 34.7 Å². The van der Waals surface area contributed by atoms with E-state index >= 15 is 0 Å². The summed E-state index contributed by atoms with van der Waals surface area (Å²) in [5, 5.41) is 2.37. The van der Waals surface area contributed by atoms with Crippen LogP contribution in [0.15, 0.2) is 0 Å². The van der Waals surface area contributed by atoms with Crippen LogP contribution in [0.25, 0.3) is 0 Å². The first-order valence-electron chi connectivity index (χ1n) is 6.45. The van der Waals surface area contributed by atoms with Crippen LogP contribution in [0.4, 0.5) is 0 Å². The van der Waals surface area contributed by atoms with Crippen LogP contribution in [-0.2, 0) is 14.4 Å². The van der Waals surface area contributed by atoms with E-state index in [1.54, 1.807) is 4.90 Å². The Morgan fingerprint density at radius 3 is 2.56 bits per heavy atom. The fourth-order valence-electron chi connectivity index (χ4n) is 2.68. The van der Waals surface area contributed by atoms with Crippen LogP contribution < -0.4 is 5.32 Å². The number of carbonyl (C=O) groups excluding carboxylic acids is 3. The van der Waals surface area contributed by atoms with E-state index in [-0.39, 0.29) is 29.7 Å². The Morgan fingerprint density at radius 1 is 1.33 bits per heavy atom. The van der Waals surface area contributed by atoms with Crippen molar-refractivity contribution in [1.29, 1.82) is 0 Å². The molecule has 1 N–H and O–H groups in total. The number of carbonyl (C=O) groups is 3. The first kappa shape index (κ1) is 13.1. The predicted molar refractivity (Wildman–Crippen MR) is 65.5 cm³/mol. The third kappa shape index (κ3) is 1.91. The Kier molecular flexibility index (Phi) is 2.95. The molecule has 2 saturated heterocycles. The van der Waals surface area contributed by atoms with Gasteiger partial charge < -0.3 is 4.90 Å². The van der Waals surface area contributed by atoms with Gasteiger partial charge in [0.2, 0.25) is 17.7 Å². The fraction of sp³-hybridized carbons (Fsp3) is 0.769. The summed E-state index contributed by atoms with van der Waals surface area (Å²) in [5.74, 6) is -0.487. The van der Waals surface area contributed by atoms with E-state index in [1.165, 1.54) is 0 Å². The van der Waals surface area contributed by atoms with Crippen molar-refractivity contribution < 1.29 is 14.4 Å². The zero-order valence-electron chi connectivity index (χ0n) is 11.2. The van der Waals surface area contributed by atoms with Gasteiger partial charge in [0.05, 0.1) is 5.41 Å². The maximum absolute atomic E-state index is 12.1. The number of likely N-dealkylation sites (tertiary alicyclic amines) is 1. The molecule has 1 atom stereocenters. The van der Waals surface area contributed by atoms with E-state index in [9.17, 15) is 14.4 Å². The highest BCUT2D eigenvalue weighted by Crippen LogP contribution is 2.41. The molecule has 0 bridgehead atoms. The highest BCUT2D eigenvalue weighted by atomic mass is 16.2. The van der Waals surface area contributed by atoms with E-state index in [2.05, 4.69) is 5.32 Å². The minimum Gasteiger partial charge on any atom is -0.336 e. The molecule has 1 spiro atoms. The molecule has 3 amide bonds. The lowest BCUT2D eigenvalue weighted by Gasteiger charge is -2.37. The van der Waals surface area contributed by atoms with Gasteiger partial charge in [-0.3, -0.25) is 19.7 Å². The van der Waals surface area contributed by atoms with Crippen LogP contribution >= 0.6 is 0 Å². The van der Waals surface area contributed by atoms with E-state index in [0.717, 1.165) is 6.42 Å². The number of nitrogens with one attached hydrogen (secondary N) is 1. The molecule has 2 fully saturated rings.